The van der Waals surface area contributed by atoms with Crippen molar-refractivity contribution in [2.75, 3.05) is 6.54 Å². The molecule has 0 atom stereocenters. The van der Waals surface area contributed by atoms with Gasteiger partial charge >= 0.3 is 0 Å². The molecular weight excluding hydrogens is 243 g/mol. The van der Waals surface area contributed by atoms with Crippen molar-refractivity contribution in [2.45, 2.75) is 4.90 Å². The fraction of sp³-hybridized carbons (Fsp3) is 0.111. The molecule has 0 heterocycles. The highest BCUT2D eigenvalue weighted by atomic mass is 32.2. The van der Waals surface area contributed by atoms with E-state index in [0.717, 1.165) is 0 Å². The van der Waals surface area contributed by atoms with Crippen molar-refractivity contribution >= 4 is 10.0 Å². The number of hydrogen-bond donors (Lipinski definition) is 1. The first-order valence-electron chi connectivity index (χ1n) is 3.96. The van der Waals surface area contributed by atoms with Crippen LogP contribution in [-0.4, -0.2) is 15.0 Å². The third-order valence-electron chi connectivity index (χ3n) is 1.65. The van der Waals surface area contributed by atoms with Crippen molar-refractivity contribution in [3.63, 3.8) is 0 Å². The van der Waals surface area contributed by atoms with Gasteiger partial charge in [0.15, 0.2) is 17.5 Å². The van der Waals surface area contributed by atoms with Crippen LogP contribution >= 0.6 is 0 Å². The van der Waals surface area contributed by atoms with Crippen molar-refractivity contribution in [3.05, 3.63) is 29.6 Å². The fourth-order valence-electron chi connectivity index (χ4n) is 0.930. The predicted molar refractivity (Wildman–Crippen MR) is 50.3 cm³/mol. The highest BCUT2D eigenvalue weighted by molar-refractivity contribution is 7.89. The van der Waals surface area contributed by atoms with E-state index in [1.807, 2.05) is 10.6 Å². The van der Waals surface area contributed by atoms with Gasteiger partial charge in [0.05, 0.1) is 6.54 Å². The Morgan fingerprint density at radius 3 is 2.44 bits per heavy atom. The summed E-state index contributed by atoms with van der Waals surface area (Å²) in [6.07, 6.45) is 4.80. The Labute approximate surface area is 90.3 Å². The summed E-state index contributed by atoms with van der Waals surface area (Å²) < 4.78 is 62.9. The molecule has 86 valence electrons. The quantitative estimate of drug-likeness (QED) is 0.642. The van der Waals surface area contributed by atoms with Gasteiger partial charge in [-0.3, -0.25) is 0 Å². The van der Waals surface area contributed by atoms with Gasteiger partial charge in [-0.2, -0.15) is 4.72 Å². The fourth-order valence-corrected chi connectivity index (χ4v) is 1.93. The molecule has 0 saturated carbocycles. The molecule has 3 nitrogen and oxygen atoms in total. The summed E-state index contributed by atoms with van der Waals surface area (Å²) in [7, 11) is -4.27. The van der Waals surface area contributed by atoms with Crippen LogP contribution in [0, 0.1) is 29.8 Å². The van der Waals surface area contributed by atoms with Crippen molar-refractivity contribution in [1.82, 2.24) is 4.72 Å². The average Bonchev–Trinajstić information content (AvgIpc) is 2.23. The second-order valence-electron chi connectivity index (χ2n) is 2.70. The van der Waals surface area contributed by atoms with Crippen LogP contribution in [0.15, 0.2) is 17.0 Å². The Kier molecular flexibility index (Phi) is 3.57. The monoisotopic (exact) mass is 249 g/mol. The molecule has 0 aliphatic heterocycles. The van der Waals surface area contributed by atoms with E-state index in [4.69, 9.17) is 6.42 Å². The standard InChI is InChI=1S/C9H6F3NO2S/c1-2-5-13-16(14,15)7-4-3-6(10)8(11)9(7)12/h1,3-4,13H,5H2. The molecule has 1 aromatic rings. The van der Waals surface area contributed by atoms with Gasteiger partial charge in [0.25, 0.3) is 0 Å². The second kappa shape index (κ2) is 4.55. The number of rotatable bonds is 3. The van der Waals surface area contributed by atoms with E-state index < -0.39 is 32.4 Å². The average molecular weight is 249 g/mol. The van der Waals surface area contributed by atoms with Crippen LogP contribution in [-0.2, 0) is 10.0 Å². The molecule has 1 aromatic carbocycles. The third-order valence-corrected chi connectivity index (χ3v) is 3.07. The molecule has 0 unspecified atom stereocenters. The van der Waals surface area contributed by atoms with E-state index in [2.05, 4.69) is 0 Å². The molecule has 0 amide bonds. The number of benzene rings is 1. The summed E-state index contributed by atoms with van der Waals surface area (Å²) in [4.78, 5) is -0.985. The molecule has 0 saturated heterocycles. The zero-order chi connectivity index (χ0) is 12.3. The number of halogens is 3. The highest BCUT2D eigenvalue weighted by Crippen LogP contribution is 2.19. The number of sulfonamides is 1. The first-order chi connectivity index (χ1) is 7.40. The van der Waals surface area contributed by atoms with Crippen LogP contribution in [0.4, 0.5) is 13.2 Å². The third kappa shape index (κ3) is 2.35. The summed E-state index contributed by atoms with van der Waals surface area (Å²) in [6, 6.07) is 1.13. The molecule has 7 heteroatoms. The summed E-state index contributed by atoms with van der Waals surface area (Å²) in [5.41, 5.74) is 0. The van der Waals surface area contributed by atoms with Crippen LogP contribution in [0.5, 0.6) is 0 Å². The summed E-state index contributed by atoms with van der Waals surface area (Å²) in [6.45, 7) is -0.374. The summed E-state index contributed by atoms with van der Waals surface area (Å²) >= 11 is 0. The lowest BCUT2D eigenvalue weighted by Crippen LogP contribution is -2.25. The van der Waals surface area contributed by atoms with Gasteiger partial charge in [0, 0.05) is 0 Å². The SMILES string of the molecule is C#CCNS(=O)(=O)c1ccc(F)c(F)c1F. The van der Waals surface area contributed by atoms with E-state index in [0.29, 0.717) is 12.1 Å². The largest absolute Gasteiger partial charge is 0.244 e. The first kappa shape index (κ1) is 12.5. The van der Waals surface area contributed by atoms with Gasteiger partial charge in [-0.25, -0.2) is 21.6 Å². The minimum atomic E-state index is -4.27. The lowest BCUT2D eigenvalue weighted by atomic mass is 10.3. The smallest absolute Gasteiger partial charge is 0.207 e. The normalized spacial score (nSPS) is 11.1. The zero-order valence-electron chi connectivity index (χ0n) is 7.80. The van der Waals surface area contributed by atoms with Crippen LogP contribution in [0.2, 0.25) is 0 Å². The molecule has 0 aliphatic rings. The van der Waals surface area contributed by atoms with Crippen molar-refractivity contribution in [2.24, 2.45) is 0 Å². The molecule has 1 rings (SSSR count). The van der Waals surface area contributed by atoms with Gasteiger partial charge in [-0.1, -0.05) is 5.92 Å². The lowest BCUT2D eigenvalue weighted by Gasteiger charge is -2.05. The second-order valence-corrected chi connectivity index (χ2v) is 4.44. The van der Waals surface area contributed by atoms with Crippen LogP contribution < -0.4 is 4.72 Å². The van der Waals surface area contributed by atoms with Crippen LogP contribution in [0.1, 0.15) is 0 Å². The number of hydrogen-bond acceptors (Lipinski definition) is 2. The first-order valence-corrected chi connectivity index (χ1v) is 5.45. The Hall–Kier alpha value is -1.52. The Bertz CT molecular complexity index is 549. The molecule has 0 fully saturated rings. The van der Waals surface area contributed by atoms with Gasteiger partial charge < -0.3 is 0 Å². The number of terminal acetylenes is 1. The van der Waals surface area contributed by atoms with Gasteiger partial charge in [0.2, 0.25) is 10.0 Å². The summed E-state index contributed by atoms with van der Waals surface area (Å²) in [5.74, 6) is -3.12. The van der Waals surface area contributed by atoms with E-state index in [9.17, 15) is 21.6 Å². The van der Waals surface area contributed by atoms with Crippen molar-refractivity contribution in [1.29, 1.82) is 0 Å². The molecule has 0 aliphatic carbocycles. The molecule has 16 heavy (non-hydrogen) atoms. The number of nitrogens with one attached hydrogen (secondary N) is 1. The van der Waals surface area contributed by atoms with E-state index >= 15 is 0 Å². The summed E-state index contributed by atoms with van der Waals surface area (Å²) in [5, 5.41) is 0. The molecule has 0 radical (unpaired) electrons. The molecule has 0 bridgehead atoms. The van der Waals surface area contributed by atoms with Crippen LogP contribution in [0.25, 0.3) is 0 Å². The van der Waals surface area contributed by atoms with Gasteiger partial charge in [-0.15, -0.1) is 6.42 Å². The molecule has 0 aromatic heterocycles. The maximum absolute atomic E-state index is 13.1. The van der Waals surface area contributed by atoms with E-state index in [1.54, 1.807) is 0 Å². The minimum Gasteiger partial charge on any atom is -0.207 e. The predicted octanol–water partition coefficient (Wildman–Crippen LogP) is 1.02. The van der Waals surface area contributed by atoms with Crippen LogP contribution in [0.3, 0.4) is 0 Å². The Balaban J connectivity index is 3.26. The Morgan fingerprint density at radius 2 is 1.88 bits per heavy atom. The van der Waals surface area contributed by atoms with Crippen molar-refractivity contribution < 1.29 is 21.6 Å². The highest BCUT2D eigenvalue weighted by Gasteiger charge is 2.23. The van der Waals surface area contributed by atoms with E-state index in [-0.39, 0.29) is 6.54 Å². The van der Waals surface area contributed by atoms with Gasteiger partial charge in [0.1, 0.15) is 4.90 Å². The van der Waals surface area contributed by atoms with Gasteiger partial charge in [-0.05, 0) is 12.1 Å². The van der Waals surface area contributed by atoms with E-state index in [1.165, 1.54) is 0 Å². The lowest BCUT2D eigenvalue weighted by molar-refractivity contribution is 0.432. The molecule has 0 spiro atoms. The topological polar surface area (TPSA) is 46.2 Å². The Morgan fingerprint density at radius 1 is 1.25 bits per heavy atom. The minimum absolute atomic E-state index is 0.374. The molecular formula is C9H6F3NO2S. The van der Waals surface area contributed by atoms with Crippen molar-refractivity contribution in [3.8, 4) is 12.3 Å². The maximum Gasteiger partial charge on any atom is 0.244 e. The molecule has 1 N–H and O–H groups in total. The maximum atomic E-state index is 13.1. The zero-order valence-corrected chi connectivity index (χ0v) is 8.61.